The Labute approximate surface area is 119 Å². The molecule has 0 aliphatic heterocycles. The molecule has 1 aromatic carbocycles. The van der Waals surface area contributed by atoms with E-state index in [0.717, 1.165) is 18.5 Å². The molecule has 0 heterocycles. The summed E-state index contributed by atoms with van der Waals surface area (Å²) in [6.07, 6.45) is 4.87. The predicted octanol–water partition coefficient (Wildman–Crippen LogP) is 2.26. The Morgan fingerprint density at radius 2 is 1.80 bits per heavy atom. The fourth-order valence-corrected chi connectivity index (χ4v) is 2.36. The standard InChI is InChI=1S/C15H21N3O2/c19-14(17-12-8-4-5-9-12)10-11-16-15(20)18-13-6-2-1-3-7-13/h1-3,6-7,12H,4-5,8-11H2,(H,17,19)(H2,16,18,20). The van der Waals surface area contributed by atoms with Gasteiger partial charge < -0.3 is 16.0 Å². The summed E-state index contributed by atoms with van der Waals surface area (Å²) < 4.78 is 0. The number of anilines is 1. The van der Waals surface area contributed by atoms with Gasteiger partial charge in [0.15, 0.2) is 0 Å². The quantitative estimate of drug-likeness (QED) is 0.771. The van der Waals surface area contributed by atoms with Gasteiger partial charge in [-0.1, -0.05) is 31.0 Å². The van der Waals surface area contributed by atoms with Crippen LogP contribution in [0, 0.1) is 0 Å². The summed E-state index contributed by atoms with van der Waals surface area (Å²) in [6, 6.07) is 9.26. The number of rotatable bonds is 5. The van der Waals surface area contributed by atoms with Crippen molar-refractivity contribution in [2.75, 3.05) is 11.9 Å². The molecule has 0 bridgehead atoms. The van der Waals surface area contributed by atoms with Crippen LogP contribution >= 0.6 is 0 Å². The topological polar surface area (TPSA) is 70.2 Å². The summed E-state index contributed by atoms with van der Waals surface area (Å²) in [6.45, 7) is 0.344. The van der Waals surface area contributed by atoms with Crippen LogP contribution in [-0.4, -0.2) is 24.5 Å². The first-order valence-corrected chi connectivity index (χ1v) is 7.13. The van der Waals surface area contributed by atoms with Crippen molar-refractivity contribution in [3.63, 3.8) is 0 Å². The van der Waals surface area contributed by atoms with Gasteiger partial charge in [-0.15, -0.1) is 0 Å². The Morgan fingerprint density at radius 1 is 1.10 bits per heavy atom. The molecule has 1 saturated carbocycles. The summed E-state index contributed by atoms with van der Waals surface area (Å²) in [5, 5.41) is 8.37. The smallest absolute Gasteiger partial charge is 0.319 e. The average molecular weight is 275 g/mol. The SMILES string of the molecule is O=C(CCNC(=O)Nc1ccccc1)NC1CCCC1. The maximum Gasteiger partial charge on any atom is 0.319 e. The van der Waals surface area contributed by atoms with Crippen LogP contribution in [0.1, 0.15) is 32.1 Å². The second kappa shape index (κ2) is 7.53. The summed E-state index contributed by atoms with van der Waals surface area (Å²) in [7, 11) is 0. The number of hydrogen-bond acceptors (Lipinski definition) is 2. The van der Waals surface area contributed by atoms with Crippen LogP contribution in [-0.2, 0) is 4.79 Å². The molecule has 1 aromatic rings. The molecule has 0 unspecified atom stereocenters. The molecule has 5 nitrogen and oxygen atoms in total. The van der Waals surface area contributed by atoms with Gasteiger partial charge >= 0.3 is 6.03 Å². The van der Waals surface area contributed by atoms with Gasteiger partial charge in [0, 0.05) is 24.7 Å². The molecule has 20 heavy (non-hydrogen) atoms. The van der Waals surface area contributed by atoms with Crippen LogP contribution in [0.5, 0.6) is 0 Å². The minimum Gasteiger partial charge on any atom is -0.353 e. The van der Waals surface area contributed by atoms with Crippen molar-refractivity contribution in [1.82, 2.24) is 10.6 Å². The molecule has 0 saturated heterocycles. The van der Waals surface area contributed by atoms with Crippen LogP contribution in [0.2, 0.25) is 0 Å². The van der Waals surface area contributed by atoms with Crippen molar-refractivity contribution >= 4 is 17.6 Å². The molecule has 1 aliphatic carbocycles. The number of urea groups is 1. The van der Waals surface area contributed by atoms with E-state index in [0.29, 0.717) is 19.0 Å². The van der Waals surface area contributed by atoms with Gasteiger partial charge in [0.25, 0.3) is 0 Å². The number of carbonyl (C=O) groups excluding carboxylic acids is 2. The Kier molecular flexibility index (Phi) is 5.41. The first-order valence-electron chi connectivity index (χ1n) is 7.13. The average Bonchev–Trinajstić information content (AvgIpc) is 2.92. The Balaban J connectivity index is 1.60. The summed E-state index contributed by atoms with van der Waals surface area (Å²) in [4.78, 5) is 23.2. The van der Waals surface area contributed by atoms with Crippen molar-refractivity contribution in [2.24, 2.45) is 0 Å². The van der Waals surface area contributed by atoms with E-state index in [1.807, 2.05) is 30.3 Å². The third-order valence-corrected chi connectivity index (χ3v) is 3.39. The fraction of sp³-hybridized carbons (Fsp3) is 0.467. The van der Waals surface area contributed by atoms with E-state index in [2.05, 4.69) is 16.0 Å². The van der Waals surface area contributed by atoms with Crippen LogP contribution in [0.3, 0.4) is 0 Å². The van der Waals surface area contributed by atoms with E-state index in [-0.39, 0.29) is 11.9 Å². The summed E-state index contributed by atoms with van der Waals surface area (Å²) in [5.74, 6) is 0.0110. The van der Waals surface area contributed by atoms with E-state index in [1.54, 1.807) is 0 Å². The minimum absolute atomic E-state index is 0.0110. The van der Waals surface area contributed by atoms with Gasteiger partial charge in [-0.3, -0.25) is 4.79 Å². The highest BCUT2D eigenvalue weighted by Crippen LogP contribution is 2.17. The summed E-state index contributed by atoms with van der Waals surface area (Å²) in [5.41, 5.74) is 0.736. The van der Waals surface area contributed by atoms with Crippen LogP contribution < -0.4 is 16.0 Å². The van der Waals surface area contributed by atoms with Crippen LogP contribution in [0.4, 0.5) is 10.5 Å². The normalized spacial score (nSPS) is 14.8. The van der Waals surface area contributed by atoms with Gasteiger partial charge in [-0.25, -0.2) is 4.79 Å². The van der Waals surface area contributed by atoms with Crippen molar-refractivity contribution < 1.29 is 9.59 Å². The van der Waals surface area contributed by atoms with E-state index < -0.39 is 0 Å². The molecule has 0 radical (unpaired) electrons. The first kappa shape index (κ1) is 14.4. The highest BCUT2D eigenvalue weighted by Gasteiger charge is 2.16. The molecule has 5 heteroatoms. The third-order valence-electron chi connectivity index (χ3n) is 3.39. The van der Waals surface area contributed by atoms with E-state index in [1.165, 1.54) is 12.8 Å². The van der Waals surface area contributed by atoms with Crippen LogP contribution in [0.25, 0.3) is 0 Å². The zero-order chi connectivity index (χ0) is 14.2. The molecule has 2 rings (SSSR count). The molecule has 3 N–H and O–H groups in total. The monoisotopic (exact) mass is 275 g/mol. The lowest BCUT2D eigenvalue weighted by molar-refractivity contribution is -0.121. The molecule has 0 aromatic heterocycles. The molecule has 3 amide bonds. The fourth-order valence-electron chi connectivity index (χ4n) is 2.36. The van der Waals surface area contributed by atoms with Crippen molar-refractivity contribution in [1.29, 1.82) is 0 Å². The minimum atomic E-state index is -0.287. The number of amides is 3. The van der Waals surface area contributed by atoms with Gasteiger partial charge in [-0.05, 0) is 25.0 Å². The molecule has 0 atom stereocenters. The highest BCUT2D eigenvalue weighted by atomic mass is 16.2. The number of para-hydroxylation sites is 1. The largest absolute Gasteiger partial charge is 0.353 e. The summed E-state index contributed by atoms with van der Waals surface area (Å²) >= 11 is 0. The second-order valence-corrected chi connectivity index (χ2v) is 5.05. The number of nitrogens with one attached hydrogen (secondary N) is 3. The van der Waals surface area contributed by atoms with Crippen molar-refractivity contribution in [3.8, 4) is 0 Å². The Bertz CT molecular complexity index is 442. The lowest BCUT2D eigenvalue weighted by Gasteiger charge is -2.12. The van der Waals surface area contributed by atoms with Crippen LogP contribution in [0.15, 0.2) is 30.3 Å². The third kappa shape index (κ3) is 4.91. The number of benzene rings is 1. The van der Waals surface area contributed by atoms with Gasteiger partial charge in [0.2, 0.25) is 5.91 Å². The zero-order valence-corrected chi connectivity index (χ0v) is 11.5. The van der Waals surface area contributed by atoms with Gasteiger partial charge in [0.1, 0.15) is 0 Å². The highest BCUT2D eigenvalue weighted by molar-refractivity contribution is 5.89. The zero-order valence-electron chi connectivity index (χ0n) is 11.5. The molecule has 0 spiro atoms. The first-order chi connectivity index (χ1) is 9.74. The maximum absolute atomic E-state index is 11.7. The molecular weight excluding hydrogens is 254 g/mol. The predicted molar refractivity (Wildman–Crippen MR) is 78.5 cm³/mol. The van der Waals surface area contributed by atoms with Crippen molar-refractivity contribution in [3.05, 3.63) is 30.3 Å². The van der Waals surface area contributed by atoms with E-state index in [4.69, 9.17) is 0 Å². The lowest BCUT2D eigenvalue weighted by Crippen LogP contribution is -2.36. The van der Waals surface area contributed by atoms with E-state index in [9.17, 15) is 9.59 Å². The van der Waals surface area contributed by atoms with Crippen molar-refractivity contribution in [2.45, 2.75) is 38.1 Å². The molecular formula is C15H21N3O2. The Hall–Kier alpha value is -2.04. The lowest BCUT2D eigenvalue weighted by atomic mass is 10.2. The van der Waals surface area contributed by atoms with Gasteiger partial charge in [0.05, 0.1) is 0 Å². The Morgan fingerprint density at radius 3 is 2.50 bits per heavy atom. The second-order valence-electron chi connectivity index (χ2n) is 5.05. The molecule has 1 fully saturated rings. The number of hydrogen-bond donors (Lipinski definition) is 3. The maximum atomic E-state index is 11.7. The van der Waals surface area contributed by atoms with E-state index >= 15 is 0 Å². The number of carbonyl (C=O) groups is 2. The van der Waals surface area contributed by atoms with Gasteiger partial charge in [-0.2, -0.15) is 0 Å². The molecule has 1 aliphatic rings. The molecule has 108 valence electrons.